The predicted octanol–water partition coefficient (Wildman–Crippen LogP) is 2.97. The number of aliphatic carboxylic acids is 1. The third-order valence-electron chi connectivity index (χ3n) is 6.00. The van der Waals surface area contributed by atoms with Crippen molar-refractivity contribution in [3.05, 3.63) is 59.7 Å². The summed E-state index contributed by atoms with van der Waals surface area (Å²) in [6, 6.07) is 16.1. The molecule has 2 amide bonds. The molecule has 0 aromatic heterocycles. The van der Waals surface area contributed by atoms with E-state index in [1.54, 1.807) is 0 Å². The predicted molar refractivity (Wildman–Crippen MR) is 111 cm³/mol. The van der Waals surface area contributed by atoms with Crippen molar-refractivity contribution in [2.45, 2.75) is 43.7 Å². The fraction of sp³-hybridized carbons (Fsp3) is 0.348. The molecule has 1 saturated carbocycles. The summed E-state index contributed by atoms with van der Waals surface area (Å²) in [5, 5.41) is 11.5. The average Bonchev–Trinajstić information content (AvgIpc) is 3.06. The molecular formula is C23H24N2O6. The van der Waals surface area contributed by atoms with Gasteiger partial charge in [0.25, 0.3) is 5.91 Å². The van der Waals surface area contributed by atoms with Crippen molar-refractivity contribution in [1.29, 1.82) is 0 Å². The molecule has 0 spiro atoms. The third-order valence-corrected chi connectivity index (χ3v) is 6.00. The maximum absolute atomic E-state index is 12.5. The molecule has 0 saturated heterocycles. The summed E-state index contributed by atoms with van der Waals surface area (Å²) in [5.74, 6) is -1.86. The Labute approximate surface area is 179 Å². The Balaban J connectivity index is 1.39. The van der Waals surface area contributed by atoms with E-state index in [0.29, 0.717) is 12.8 Å². The lowest BCUT2D eigenvalue weighted by molar-refractivity contribution is -0.162. The summed E-state index contributed by atoms with van der Waals surface area (Å²) >= 11 is 0. The van der Waals surface area contributed by atoms with Gasteiger partial charge in [0.15, 0.2) is 6.10 Å². The summed E-state index contributed by atoms with van der Waals surface area (Å²) in [6.07, 6.45) is -0.286. The minimum Gasteiger partial charge on any atom is -0.479 e. The number of fused-ring (bicyclic) bond motifs is 3. The Morgan fingerprint density at radius 2 is 1.65 bits per heavy atom. The number of nitrogens with one attached hydrogen (secondary N) is 2. The van der Waals surface area contributed by atoms with Crippen LogP contribution in [0.3, 0.4) is 0 Å². The van der Waals surface area contributed by atoms with E-state index in [4.69, 9.17) is 14.7 Å². The van der Waals surface area contributed by atoms with E-state index in [9.17, 15) is 14.4 Å². The summed E-state index contributed by atoms with van der Waals surface area (Å²) in [7, 11) is 0. The Bertz CT molecular complexity index is 971. The summed E-state index contributed by atoms with van der Waals surface area (Å²) in [6.45, 7) is 1.44. The van der Waals surface area contributed by atoms with Crippen LogP contribution in [0.15, 0.2) is 48.5 Å². The van der Waals surface area contributed by atoms with E-state index < -0.39 is 29.6 Å². The van der Waals surface area contributed by atoms with Gasteiger partial charge in [-0.2, -0.15) is 0 Å². The highest BCUT2D eigenvalue weighted by Gasteiger charge is 2.46. The molecule has 31 heavy (non-hydrogen) atoms. The lowest BCUT2D eigenvalue weighted by Gasteiger charge is -2.40. The van der Waals surface area contributed by atoms with Gasteiger partial charge in [-0.05, 0) is 48.4 Å². The van der Waals surface area contributed by atoms with Gasteiger partial charge in [0, 0.05) is 5.92 Å². The Hall–Kier alpha value is -3.39. The van der Waals surface area contributed by atoms with Crippen LogP contribution in [0.5, 0.6) is 0 Å². The highest BCUT2D eigenvalue weighted by Crippen LogP contribution is 2.44. The molecule has 0 aliphatic heterocycles. The van der Waals surface area contributed by atoms with Crippen LogP contribution in [0, 0.1) is 0 Å². The second-order valence-electron chi connectivity index (χ2n) is 7.92. The Kier molecular flexibility index (Phi) is 5.65. The zero-order chi connectivity index (χ0) is 22.0. The molecule has 2 aromatic rings. The number of amides is 2. The van der Waals surface area contributed by atoms with Crippen LogP contribution >= 0.6 is 0 Å². The first-order chi connectivity index (χ1) is 14.9. The van der Waals surface area contributed by atoms with Gasteiger partial charge >= 0.3 is 12.1 Å². The topological polar surface area (TPSA) is 114 Å². The fourth-order valence-corrected chi connectivity index (χ4v) is 4.06. The molecule has 1 fully saturated rings. The summed E-state index contributed by atoms with van der Waals surface area (Å²) < 4.78 is 5.52. The standard InChI is InChI=1S/C23H24N2O6/c1-14(20(26)27)31-25-21(28)23(11-6-12-23)24-22(29)30-13-19-17-9-4-2-7-15(17)16-8-3-5-10-18(16)19/h2-5,7-10,14,19H,6,11-13H2,1H3,(H,24,29)(H,25,28)(H,26,27). The number of benzene rings is 2. The molecule has 0 bridgehead atoms. The third kappa shape index (κ3) is 3.98. The van der Waals surface area contributed by atoms with E-state index in [1.165, 1.54) is 6.92 Å². The van der Waals surface area contributed by atoms with E-state index in [1.807, 2.05) is 36.4 Å². The van der Waals surface area contributed by atoms with Crippen LogP contribution in [0.25, 0.3) is 11.1 Å². The number of ether oxygens (including phenoxy) is 1. The summed E-state index contributed by atoms with van der Waals surface area (Å²) in [4.78, 5) is 40.7. The van der Waals surface area contributed by atoms with Gasteiger partial charge in [-0.15, -0.1) is 0 Å². The van der Waals surface area contributed by atoms with Crippen LogP contribution in [-0.4, -0.2) is 41.3 Å². The number of carboxylic acid groups (broad SMARTS) is 1. The van der Waals surface area contributed by atoms with Crippen LogP contribution in [0.1, 0.15) is 43.2 Å². The maximum Gasteiger partial charge on any atom is 0.408 e. The maximum atomic E-state index is 12.5. The van der Waals surface area contributed by atoms with E-state index in [-0.39, 0.29) is 12.5 Å². The molecule has 3 N–H and O–H groups in total. The number of hydrogen-bond donors (Lipinski definition) is 3. The number of rotatable bonds is 7. The van der Waals surface area contributed by atoms with Crippen LogP contribution in [-0.2, 0) is 19.2 Å². The molecule has 8 heteroatoms. The largest absolute Gasteiger partial charge is 0.479 e. The highest BCUT2D eigenvalue weighted by atomic mass is 16.7. The number of hydroxylamine groups is 1. The van der Waals surface area contributed by atoms with Gasteiger partial charge in [0.05, 0.1) is 0 Å². The fourth-order valence-electron chi connectivity index (χ4n) is 4.06. The molecule has 4 rings (SSSR count). The minimum atomic E-state index is -1.20. The number of carbonyl (C=O) groups is 3. The lowest BCUT2D eigenvalue weighted by atomic mass is 9.76. The first-order valence-electron chi connectivity index (χ1n) is 10.2. The molecule has 0 radical (unpaired) electrons. The van der Waals surface area contributed by atoms with Gasteiger partial charge in [-0.1, -0.05) is 48.5 Å². The molecule has 2 aliphatic carbocycles. The van der Waals surface area contributed by atoms with Crippen molar-refractivity contribution in [2.24, 2.45) is 0 Å². The molecular weight excluding hydrogens is 400 g/mol. The van der Waals surface area contributed by atoms with Gasteiger partial charge in [-0.3, -0.25) is 9.63 Å². The Morgan fingerprint density at radius 3 is 2.16 bits per heavy atom. The molecule has 8 nitrogen and oxygen atoms in total. The van der Waals surface area contributed by atoms with Crippen LogP contribution < -0.4 is 10.8 Å². The zero-order valence-corrected chi connectivity index (χ0v) is 17.1. The van der Waals surface area contributed by atoms with Gasteiger partial charge < -0.3 is 15.2 Å². The highest BCUT2D eigenvalue weighted by molar-refractivity contribution is 5.90. The lowest BCUT2D eigenvalue weighted by Crippen LogP contribution is -2.63. The first kappa shape index (κ1) is 20.9. The number of hydrogen-bond acceptors (Lipinski definition) is 5. The molecule has 1 atom stereocenters. The van der Waals surface area contributed by atoms with Crippen molar-refractivity contribution in [3.8, 4) is 11.1 Å². The number of carbonyl (C=O) groups excluding carboxylic acids is 2. The van der Waals surface area contributed by atoms with Crippen molar-refractivity contribution in [2.75, 3.05) is 6.61 Å². The number of carboxylic acids is 1. The van der Waals surface area contributed by atoms with Crippen molar-refractivity contribution >= 4 is 18.0 Å². The van der Waals surface area contributed by atoms with E-state index in [0.717, 1.165) is 28.7 Å². The molecule has 1 unspecified atom stereocenters. The smallest absolute Gasteiger partial charge is 0.408 e. The molecule has 0 heterocycles. The van der Waals surface area contributed by atoms with Crippen LogP contribution in [0.2, 0.25) is 0 Å². The molecule has 162 valence electrons. The van der Waals surface area contributed by atoms with Gasteiger partial charge in [0.2, 0.25) is 0 Å². The normalized spacial score (nSPS) is 16.9. The SMILES string of the molecule is CC(ONC(=O)C1(NC(=O)OCC2c3ccccc3-c3ccccc32)CCC1)C(=O)O. The van der Waals surface area contributed by atoms with E-state index >= 15 is 0 Å². The van der Waals surface area contributed by atoms with Gasteiger partial charge in [-0.25, -0.2) is 15.1 Å². The Morgan fingerprint density at radius 1 is 1.06 bits per heavy atom. The first-order valence-corrected chi connectivity index (χ1v) is 10.2. The zero-order valence-electron chi connectivity index (χ0n) is 17.1. The number of alkyl carbamates (subject to hydrolysis) is 1. The summed E-state index contributed by atoms with van der Waals surface area (Å²) in [5.41, 5.74) is 5.46. The van der Waals surface area contributed by atoms with Crippen molar-refractivity contribution in [1.82, 2.24) is 10.8 Å². The van der Waals surface area contributed by atoms with E-state index in [2.05, 4.69) is 22.9 Å². The second kappa shape index (κ2) is 8.39. The van der Waals surface area contributed by atoms with Crippen LogP contribution in [0.4, 0.5) is 4.79 Å². The quantitative estimate of drug-likeness (QED) is 0.589. The minimum absolute atomic E-state index is 0.0796. The second-order valence-corrected chi connectivity index (χ2v) is 7.92. The molecule has 2 aromatic carbocycles. The van der Waals surface area contributed by atoms with Crippen molar-refractivity contribution in [3.63, 3.8) is 0 Å². The molecule has 2 aliphatic rings. The average molecular weight is 424 g/mol. The van der Waals surface area contributed by atoms with Gasteiger partial charge in [0.1, 0.15) is 12.1 Å². The monoisotopic (exact) mass is 424 g/mol. The van der Waals surface area contributed by atoms with Crippen molar-refractivity contribution < 1.29 is 29.1 Å².